The van der Waals surface area contributed by atoms with Crippen LogP contribution in [0.15, 0.2) is 18.5 Å². The maximum atomic E-state index is 5.20. The van der Waals surface area contributed by atoms with E-state index in [0.717, 1.165) is 44.1 Å². The maximum Gasteiger partial charge on any atom is 0.225 e. The van der Waals surface area contributed by atoms with Gasteiger partial charge in [-0.2, -0.15) is 0 Å². The van der Waals surface area contributed by atoms with Gasteiger partial charge in [0.15, 0.2) is 0 Å². The van der Waals surface area contributed by atoms with E-state index in [0.29, 0.717) is 0 Å². The molecule has 2 aliphatic heterocycles. The van der Waals surface area contributed by atoms with Gasteiger partial charge in [0.1, 0.15) is 0 Å². The molecule has 0 radical (unpaired) electrons. The average Bonchev–Trinajstić information content (AvgIpc) is 2.88. The highest BCUT2D eigenvalue weighted by Gasteiger charge is 2.38. The second-order valence-corrected chi connectivity index (χ2v) is 5.43. The normalized spacial score (nSPS) is 27.5. The number of nitrogens with zero attached hydrogens (tertiary/aromatic N) is 4. The second-order valence-electron chi connectivity index (χ2n) is 5.43. The Labute approximate surface area is 114 Å². The molecule has 0 unspecified atom stereocenters. The van der Waals surface area contributed by atoms with Gasteiger partial charge in [-0.05, 0) is 31.4 Å². The molecule has 0 amide bonds. The molecule has 1 aromatic rings. The van der Waals surface area contributed by atoms with E-state index in [1.165, 1.54) is 19.4 Å². The van der Waals surface area contributed by atoms with Crippen LogP contribution < -0.4 is 4.90 Å². The number of aromatic nitrogens is 2. The van der Waals surface area contributed by atoms with E-state index in [9.17, 15) is 0 Å². The zero-order chi connectivity index (χ0) is 13.1. The third-order valence-corrected chi connectivity index (χ3v) is 4.37. The minimum atomic E-state index is 0.732. The number of rotatable bonds is 4. The average molecular weight is 262 g/mol. The van der Waals surface area contributed by atoms with Gasteiger partial charge in [-0.25, -0.2) is 9.97 Å². The van der Waals surface area contributed by atoms with Crippen molar-refractivity contribution >= 4 is 5.95 Å². The van der Waals surface area contributed by atoms with E-state index in [1.807, 2.05) is 18.5 Å². The van der Waals surface area contributed by atoms with Gasteiger partial charge in [-0.3, -0.25) is 4.90 Å². The van der Waals surface area contributed by atoms with Crippen molar-refractivity contribution in [3.63, 3.8) is 0 Å². The van der Waals surface area contributed by atoms with Gasteiger partial charge in [0, 0.05) is 45.2 Å². The fraction of sp³-hybridized carbons (Fsp3) is 0.714. The molecule has 2 aliphatic rings. The third-order valence-electron chi connectivity index (χ3n) is 4.37. The SMILES string of the molecule is COCCN1CC[C@H]2CN(c3ncccn3)CC[C@H]21. The van der Waals surface area contributed by atoms with Crippen molar-refractivity contribution in [3.05, 3.63) is 18.5 Å². The van der Waals surface area contributed by atoms with Crippen LogP contribution in [0.3, 0.4) is 0 Å². The largest absolute Gasteiger partial charge is 0.383 e. The summed E-state index contributed by atoms with van der Waals surface area (Å²) in [6.07, 6.45) is 6.16. The van der Waals surface area contributed by atoms with Gasteiger partial charge >= 0.3 is 0 Å². The minimum absolute atomic E-state index is 0.732. The molecule has 5 heteroatoms. The number of likely N-dealkylation sites (tertiary alicyclic amines) is 1. The molecule has 19 heavy (non-hydrogen) atoms. The first-order valence-corrected chi connectivity index (χ1v) is 7.13. The van der Waals surface area contributed by atoms with E-state index in [1.54, 1.807) is 7.11 Å². The van der Waals surface area contributed by atoms with E-state index in [4.69, 9.17) is 4.74 Å². The quantitative estimate of drug-likeness (QED) is 0.810. The first kappa shape index (κ1) is 12.8. The van der Waals surface area contributed by atoms with E-state index >= 15 is 0 Å². The zero-order valence-corrected chi connectivity index (χ0v) is 11.5. The number of hydrogen-bond donors (Lipinski definition) is 0. The van der Waals surface area contributed by atoms with Crippen LogP contribution in [0.25, 0.3) is 0 Å². The Bertz CT molecular complexity index is 400. The van der Waals surface area contributed by atoms with Crippen molar-refractivity contribution in [1.29, 1.82) is 0 Å². The summed E-state index contributed by atoms with van der Waals surface area (Å²) in [5, 5.41) is 0. The van der Waals surface area contributed by atoms with Crippen LogP contribution in [0.4, 0.5) is 5.95 Å². The van der Waals surface area contributed by atoms with Crippen LogP contribution in [0.2, 0.25) is 0 Å². The molecule has 104 valence electrons. The van der Waals surface area contributed by atoms with Crippen LogP contribution in [0, 0.1) is 5.92 Å². The summed E-state index contributed by atoms with van der Waals surface area (Å²) in [4.78, 5) is 13.7. The Balaban J connectivity index is 1.61. The van der Waals surface area contributed by atoms with E-state index < -0.39 is 0 Å². The molecule has 0 aliphatic carbocycles. The van der Waals surface area contributed by atoms with Crippen molar-refractivity contribution in [2.24, 2.45) is 5.92 Å². The molecule has 0 saturated carbocycles. The highest BCUT2D eigenvalue weighted by Crippen LogP contribution is 2.32. The van der Waals surface area contributed by atoms with Gasteiger partial charge in [-0.1, -0.05) is 0 Å². The van der Waals surface area contributed by atoms with Gasteiger partial charge in [0.25, 0.3) is 0 Å². The predicted octanol–water partition coefficient (Wildman–Crippen LogP) is 1.02. The lowest BCUT2D eigenvalue weighted by molar-refractivity contribution is 0.126. The zero-order valence-electron chi connectivity index (χ0n) is 11.5. The van der Waals surface area contributed by atoms with Crippen LogP contribution in [-0.2, 0) is 4.74 Å². The molecule has 1 aromatic heterocycles. The third kappa shape index (κ3) is 2.72. The second kappa shape index (κ2) is 5.84. The Morgan fingerprint density at radius 2 is 2.11 bits per heavy atom. The highest BCUT2D eigenvalue weighted by atomic mass is 16.5. The lowest BCUT2D eigenvalue weighted by Gasteiger charge is -2.37. The molecule has 2 atom stereocenters. The molecule has 0 aromatic carbocycles. The monoisotopic (exact) mass is 262 g/mol. The number of hydrogen-bond acceptors (Lipinski definition) is 5. The van der Waals surface area contributed by atoms with Gasteiger partial charge in [0.05, 0.1) is 6.61 Å². The Kier molecular flexibility index (Phi) is 3.94. The van der Waals surface area contributed by atoms with E-state index in [2.05, 4.69) is 19.8 Å². The molecular formula is C14H22N4O. The molecular weight excluding hydrogens is 240 g/mol. The maximum absolute atomic E-state index is 5.20. The van der Waals surface area contributed by atoms with Crippen molar-refractivity contribution < 1.29 is 4.74 Å². The molecule has 2 fully saturated rings. The smallest absolute Gasteiger partial charge is 0.225 e. The number of ether oxygens (including phenoxy) is 1. The number of methoxy groups -OCH3 is 1. The molecule has 3 rings (SSSR count). The minimum Gasteiger partial charge on any atom is -0.383 e. The number of piperidine rings is 1. The molecule has 0 spiro atoms. The predicted molar refractivity (Wildman–Crippen MR) is 74.2 cm³/mol. The Morgan fingerprint density at radius 3 is 2.89 bits per heavy atom. The summed E-state index contributed by atoms with van der Waals surface area (Å²) in [5.41, 5.74) is 0. The van der Waals surface area contributed by atoms with Gasteiger partial charge < -0.3 is 9.64 Å². The van der Waals surface area contributed by atoms with Crippen molar-refractivity contribution in [2.75, 3.05) is 44.8 Å². The Morgan fingerprint density at radius 1 is 1.26 bits per heavy atom. The van der Waals surface area contributed by atoms with Crippen molar-refractivity contribution in [2.45, 2.75) is 18.9 Å². The summed E-state index contributed by atoms with van der Waals surface area (Å²) in [7, 11) is 1.78. The van der Waals surface area contributed by atoms with Crippen LogP contribution in [0.1, 0.15) is 12.8 Å². The number of fused-ring (bicyclic) bond motifs is 1. The van der Waals surface area contributed by atoms with Crippen LogP contribution in [-0.4, -0.2) is 60.8 Å². The summed E-state index contributed by atoms with van der Waals surface area (Å²) in [6.45, 7) is 5.28. The first-order valence-electron chi connectivity index (χ1n) is 7.13. The van der Waals surface area contributed by atoms with Crippen molar-refractivity contribution in [1.82, 2.24) is 14.9 Å². The van der Waals surface area contributed by atoms with E-state index in [-0.39, 0.29) is 0 Å². The summed E-state index contributed by atoms with van der Waals surface area (Å²) in [6, 6.07) is 2.60. The van der Waals surface area contributed by atoms with Gasteiger partial charge in [0.2, 0.25) is 5.95 Å². The lowest BCUT2D eigenvalue weighted by atomic mass is 9.93. The fourth-order valence-electron chi connectivity index (χ4n) is 3.40. The standard InChI is InChI=1S/C14H22N4O/c1-19-10-9-17-7-3-12-11-18(8-4-13(12)17)14-15-5-2-6-16-14/h2,5-6,12-13H,3-4,7-11H2,1H3/t12-,13+/m0/s1. The fourth-order valence-corrected chi connectivity index (χ4v) is 3.40. The lowest BCUT2D eigenvalue weighted by Crippen LogP contribution is -2.47. The molecule has 2 saturated heterocycles. The summed E-state index contributed by atoms with van der Waals surface area (Å²) in [5.74, 6) is 1.64. The molecule has 5 nitrogen and oxygen atoms in total. The van der Waals surface area contributed by atoms with Crippen LogP contribution >= 0.6 is 0 Å². The topological polar surface area (TPSA) is 41.5 Å². The van der Waals surface area contributed by atoms with Crippen molar-refractivity contribution in [3.8, 4) is 0 Å². The first-order chi connectivity index (χ1) is 9.38. The van der Waals surface area contributed by atoms with Crippen LogP contribution in [0.5, 0.6) is 0 Å². The molecule has 3 heterocycles. The molecule has 0 N–H and O–H groups in total. The Hall–Kier alpha value is -1.20. The summed E-state index contributed by atoms with van der Waals surface area (Å²) >= 11 is 0. The molecule has 0 bridgehead atoms. The van der Waals surface area contributed by atoms with Gasteiger partial charge in [-0.15, -0.1) is 0 Å². The summed E-state index contributed by atoms with van der Waals surface area (Å²) < 4.78 is 5.20. The number of anilines is 1. The highest BCUT2D eigenvalue weighted by molar-refractivity contribution is 5.30.